The molecule has 0 atom stereocenters. The SMILES string of the molecule is Cc1c2ccccc2c(C)c2cc(CCP(C)(C)=O)ccc12. The van der Waals surface area contributed by atoms with Crippen LogP contribution in [0.3, 0.4) is 0 Å². The van der Waals surface area contributed by atoms with E-state index in [-0.39, 0.29) is 0 Å². The average Bonchev–Trinajstić information content (AvgIpc) is 2.50. The molecule has 0 radical (unpaired) electrons. The molecule has 0 unspecified atom stereocenters. The van der Waals surface area contributed by atoms with Gasteiger partial charge in [0.25, 0.3) is 0 Å². The lowest BCUT2D eigenvalue weighted by Crippen LogP contribution is -1.94. The maximum absolute atomic E-state index is 11.9. The molecule has 0 aromatic heterocycles. The highest BCUT2D eigenvalue weighted by molar-refractivity contribution is 7.62. The number of benzene rings is 3. The molecule has 0 saturated carbocycles. The normalized spacial score (nSPS) is 12.2. The first-order chi connectivity index (χ1) is 10.4. The minimum absolute atomic E-state index is 0.782. The maximum atomic E-state index is 11.9. The predicted molar refractivity (Wildman–Crippen MR) is 99.0 cm³/mol. The summed E-state index contributed by atoms with van der Waals surface area (Å²) in [6, 6.07) is 15.3. The summed E-state index contributed by atoms with van der Waals surface area (Å²) in [5.41, 5.74) is 3.97. The number of hydrogen-bond donors (Lipinski definition) is 0. The summed E-state index contributed by atoms with van der Waals surface area (Å²) in [6.07, 6.45) is 1.68. The summed E-state index contributed by atoms with van der Waals surface area (Å²) in [7, 11) is -1.95. The van der Waals surface area contributed by atoms with Crippen molar-refractivity contribution in [1.82, 2.24) is 0 Å². The molecule has 0 fully saturated rings. The van der Waals surface area contributed by atoms with E-state index in [0.29, 0.717) is 0 Å². The molecule has 3 rings (SSSR count). The monoisotopic (exact) mass is 310 g/mol. The lowest BCUT2D eigenvalue weighted by Gasteiger charge is -2.14. The van der Waals surface area contributed by atoms with E-state index in [2.05, 4.69) is 56.3 Å². The van der Waals surface area contributed by atoms with Crippen molar-refractivity contribution in [3.63, 3.8) is 0 Å². The minimum Gasteiger partial charge on any atom is -0.324 e. The highest BCUT2D eigenvalue weighted by atomic mass is 31.2. The van der Waals surface area contributed by atoms with Crippen LogP contribution in [0.4, 0.5) is 0 Å². The molecule has 1 nitrogen and oxygen atoms in total. The second-order valence-electron chi connectivity index (χ2n) is 6.72. The van der Waals surface area contributed by atoms with Gasteiger partial charge >= 0.3 is 0 Å². The van der Waals surface area contributed by atoms with Crippen molar-refractivity contribution >= 4 is 28.7 Å². The molecule has 0 N–H and O–H groups in total. The highest BCUT2D eigenvalue weighted by Gasteiger charge is 2.11. The van der Waals surface area contributed by atoms with Crippen LogP contribution in [-0.2, 0) is 11.0 Å². The summed E-state index contributed by atoms with van der Waals surface area (Å²) in [5, 5.41) is 5.33. The van der Waals surface area contributed by atoms with Gasteiger partial charge in [-0.05, 0) is 71.8 Å². The van der Waals surface area contributed by atoms with Gasteiger partial charge in [-0.2, -0.15) is 0 Å². The highest BCUT2D eigenvalue weighted by Crippen LogP contribution is 2.37. The summed E-state index contributed by atoms with van der Waals surface area (Å²) in [5.74, 6) is 0. The number of rotatable bonds is 3. The summed E-state index contributed by atoms with van der Waals surface area (Å²) in [4.78, 5) is 0. The van der Waals surface area contributed by atoms with Crippen molar-refractivity contribution in [3.05, 3.63) is 59.2 Å². The van der Waals surface area contributed by atoms with E-state index in [1.165, 1.54) is 38.2 Å². The van der Waals surface area contributed by atoms with Crippen LogP contribution in [0.2, 0.25) is 0 Å². The molecule has 0 aliphatic rings. The fourth-order valence-corrected chi connectivity index (χ4v) is 4.01. The quantitative estimate of drug-likeness (QED) is 0.443. The number of aryl methyl sites for hydroxylation is 3. The van der Waals surface area contributed by atoms with Gasteiger partial charge in [-0.15, -0.1) is 0 Å². The summed E-state index contributed by atoms with van der Waals surface area (Å²) >= 11 is 0. The second-order valence-corrected chi connectivity index (χ2v) is 10.3. The third-order valence-corrected chi connectivity index (χ3v) is 5.87. The molecule has 22 heavy (non-hydrogen) atoms. The molecule has 0 aliphatic heterocycles. The van der Waals surface area contributed by atoms with Gasteiger partial charge in [0.2, 0.25) is 0 Å². The van der Waals surface area contributed by atoms with Crippen molar-refractivity contribution in [2.75, 3.05) is 19.5 Å². The van der Waals surface area contributed by atoms with Crippen molar-refractivity contribution in [2.45, 2.75) is 20.3 Å². The Balaban J connectivity index is 2.18. The van der Waals surface area contributed by atoms with E-state index in [1.54, 1.807) is 0 Å². The van der Waals surface area contributed by atoms with Crippen LogP contribution in [0.1, 0.15) is 16.7 Å². The van der Waals surface area contributed by atoms with Gasteiger partial charge in [0.1, 0.15) is 0 Å². The van der Waals surface area contributed by atoms with Gasteiger partial charge in [0.05, 0.1) is 7.14 Å². The molecular weight excluding hydrogens is 287 g/mol. The first-order valence-electron chi connectivity index (χ1n) is 7.81. The predicted octanol–water partition coefficient (Wildman–Crippen LogP) is 5.78. The van der Waals surface area contributed by atoms with E-state index in [9.17, 15) is 4.57 Å². The van der Waals surface area contributed by atoms with Gasteiger partial charge in [-0.25, -0.2) is 0 Å². The van der Waals surface area contributed by atoms with E-state index in [4.69, 9.17) is 0 Å². The topological polar surface area (TPSA) is 17.1 Å². The van der Waals surface area contributed by atoms with Gasteiger partial charge < -0.3 is 4.57 Å². The molecular formula is C20H23OP. The fraction of sp³-hybridized carbons (Fsp3) is 0.300. The van der Waals surface area contributed by atoms with Crippen molar-refractivity contribution in [1.29, 1.82) is 0 Å². The fourth-order valence-electron chi connectivity index (χ4n) is 3.21. The van der Waals surface area contributed by atoms with Crippen molar-refractivity contribution in [3.8, 4) is 0 Å². The van der Waals surface area contributed by atoms with E-state index < -0.39 is 7.14 Å². The number of hydrogen-bond acceptors (Lipinski definition) is 1. The standard InChI is InChI=1S/C20H23OP/c1-14-17-7-5-6-8-18(17)15(2)20-13-16(9-10-19(14)20)11-12-22(3,4)21/h5-10,13H,11-12H2,1-4H3. The Morgan fingerprint density at radius 2 is 1.36 bits per heavy atom. The van der Waals surface area contributed by atoms with Crippen LogP contribution in [0.5, 0.6) is 0 Å². The summed E-state index contributed by atoms with van der Waals surface area (Å²) in [6.45, 7) is 8.16. The molecule has 0 spiro atoms. The Labute approximate surface area is 132 Å². The Bertz CT molecular complexity index is 902. The van der Waals surface area contributed by atoms with Gasteiger partial charge in [0, 0.05) is 6.16 Å². The minimum atomic E-state index is -1.95. The smallest absolute Gasteiger partial charge is 0.0822 e. The van der Waals surface area contributed by atoms with Crippen molar-refractivity contribution < 1.29 is 4.57 Å². The largest absolute Gasteiger partial charge is 0.324 e. The van der Waals surface area contributed by atoms with Gasteiger partial charge in [-0.3, -0.25) is 0 Å². The van der Waals surface area contributed by atoms with E-state index in [1.807, 2.05) is 13.3 Å². The molecule has 114 valence electrons. The van der Waals surface area contributed by atoms with E-state index >= 15 is 0 Å². The third kappa shape index (κ3) is 2.83. The van der Waals surface area contributed by atoms with Gasteiger partial charge in [0.15, 0.2) is 0 Å². The average molecular weight is 310 g/mol. The second kappa shape index (κ2) is 5.56. The number of fused-ring (bicyclic) bond motifs is 2. The zero-order chi connectivity index (χ0) is 15.9. The Morgan fingerprint density at radius 1 is 0.818 bits per heavy atom. The maximum Gasteiger partial charge on any atom is 0.0822 e. The third-order valence-electron chi connectivity index (χ3n) is 4.57. The van der Waals surface area contributed by atoms with Crippen molar-refractivity contribution in [2.24, 2.45) is 0 Å². The zero-order valence-corrected chi connectivity index (χ0v) is 14.7. The lowest BCUT2D eigenvalue weighted by molar-refractivity contribution is 0.582. The molecule has 0 aliphatic carbocycles. The lowest BCUT2D eigenvalue weighted by atomic mass is 9.92. The van der Waals surface area contributed by atoms with Crippen LogP contribution in [0, 0.1) is 13.8 Å². The molecule has 0 amide bonds. The first kappa shape index (κ1) is 15.3. The van der Waals surface area contributed by atoms with Crippen LogP contribution >= 0.6 is 7.14 Å². The molecule has 2 heteroatoms. The molecule has 3 aromatic carbocycles. The van der Waals surface area contributed by atoms with Crippen LogP contribution < -0.4 is 0 Å². The first-order valence-corrected chi connectivity index (χ1v) is 10.6. The Morgan fingerprint density at radius 3 is 1.95 bits per heavy atom. The molecule has 0 saturated heterocycles. The van der Waals surface area contributed by atoms with Crippen LogP contribution in [0.25, 0.3) is 21.5 Å². The van der Waals surface area contributed by atoms with E-state index in [0.717, 1.165) is 12.6 Å². The molecule has 0 bridgehead atoms. The van der Waals surface area contributed by atoms with Crippen LogP contribution in [-0.4, -0.2) is 19.5 Å². The molecule has 3 aromatic rings. The van der Waals surface area contributed by atoms with Gasteiger partial charge in [-0.1, -0.05) is 42.5 Å². The van der Waals surface area contributed by atoms with Crippen LogP contribution in [0.15, 0.2) is 42.5 Å². The summed E-state index contributed by atoms with van der Waals surface area (Å²) < 4.78 is 11.9. The Hall–Kier alpha value is -1.59. The molecule has 0 heterocycles. The Kier molecular flexibility index (Phi) is 3.87. The zero-order valence-electron chi connectivity index (χ0n) is 13.8.